The summed E-state index contributed by atoms with van der Waals surface area (Å²) in [7, 11) is 0. The Balaban J connectivity index is 1.79. The molecule has 2 rings (SSSR count). The van der Waals surface area contributed by atoms with E-state index in [2.05, 4.69) is 5.32 Å². The molecule has 1 aromatic carbocycles. The van der Waals surface area contributed by atoms with E-state index in [0.717, 1.165) is 24.8 Å². The van der Waals surface area contributed by atoms with Crippen molar-refractivity contribution < 1.29 is 14.3 Å². The predicted molar refractivity (Wildman–Crippen MR) is 78.3 cm³/mol. The van der Waals surface area contributed by atoms with Gasteiger partial charge in [-0.2, -0.15) is 0 Å². The van der Waals surface area contributed by atoms with Crippen molar-refractivity contribution in [1.82, 2.24) is 5.32 Å². The monoisotopic (exact) mass is 297 g/mol. The maximum absolute atomic E-state index is 11.8. The summed E-state index contributed by atoms with van der Waals surface area (Å²) < 4.78 is 10.7. The van der Waals surface area contributed by atoms with Gasteiger partial charge in [0.25, 0.3) is 0 Å². The number of carbonyl (C=O) groups excluding carboxylic acids is 1. The van der Waals surface area contributed by atoms with Gasteiger partial charge in [-0.15, -0.1) is 0 Å². The number of carbonyl (C=O) groups is 1. The summed E-state index contributed by atoms with van der Waals surface area (Å²) in [5.74, 6) is 0.681. The van der Waals surface area contributed by atoms with E-state index in [-0.39, 0.29) is 12.0 Å². The minimum atomic E-state index is -0.265. The van der Waals surface area contributed by atoms with Crippen LogP contribution in [0.2, 0.25) is 5.02 Å². The molecule has 0 spiro atoms. The van der Waals surface area contributed by atoms with Gasteiger partial charge in [0.1, 0.15) is 11.9 Å². The van der Waals surface area contributed by atoms with Crippen molar-refractivity contribution in [2.24, 2.45) is 0 Å². The summed E-state index contributed by atoms with van der Waals surface area (Å²) in [6, 6.07) is 5.71. The maximum Gasteiger partial charge on any atom is 0.249 e. The lowest BCUT2D eigenvalue weighted by molar-refractivity contribution is -0.129. The average molecular weight is 298 g/mol. The number of halogens is 1. The van der Waals surface area contributed by atoms with Crippen molar-refractivity contribution >= 4 is 17.5 Å². The molecule has 1 heterocycles. The molecule has 4 nitrogen and oxygen atoms in total. The van der Waals surface area contributed by atoms with Gasteiger partial charge >= 0.3 is 0 Å². The number of benzene rings is 1. The predicted octanol–water partition coefficient (Wildman–Crippen LogP) is 2.58. The van der Waals surface area contributed by atoms with Crippen molar-refractivity contribution in [1.29, 1.82) is 0 Å². The summed E-state index contributed by atoms with van der Waals surface area (Å²) in [5, 5.41) is 3.50. The molecule has 0 bridgehead atoms. The number of ether oxygens (including phenoxy) is 2. The summed E-state index contributed by atoms with van der Waals surface area (Å²) in [5.41, 5.74) is 1.08. The Morgan fingerprint density at radius 2 is 2.40 bits per heavy atom. The summed E-state index contributed by atoms with van der Waals surface area (Å²) in [4.78, 5) is 11.8. The summed E-state index contributed by atoms with van der Waals surface area (Å²) >= 11 is 6.12. The van der Waals surface area contributed by atoms with Gasteiger partial charge in [-0.25, -0.2) is 0 Å². The van der Waals surface area contributed by atoms with Crippen LogP contribution in [-0.4, -0.2) is 31.8 Å². The highest BCUT2D eigenvalue weighted by Crippen LogP contribution is 2.25. The van der Waals surface area contributed by atoms with Crippen LogP contribution in [0.4, 0.5) is 0 Å². The number of amides is 1. The van der Waals surface area contributed by atoms with Crippen molar-refractivity contribution in [2.75, 3.05) is 19.8 Å². The van der Waals surface area contributed by atoms with Gasteiger partial charge in [-0.3, -0.25) is 4.79 Å². The van der Waals surface area contributed by atoms with Crippen molar-refractivity contribution in [2.45, 2.75) is 32.3 Å². The van der Waals surface area contributed by atoms with Crippen molar-refractivity contribution in [3.8, 4) is 5.75 Å². The van der Waals surface area contributed by atoms with E-state index < -0.39 is 0 Å². The van der Waals surface area contributed by atoms with Gasteiger partial charge in [0, 0.05) is 13.2 Å². The largest absolute Gasteiger partial charge is 0.492 e. The van der Waals surface area contributed by atoms with E-state index in [0.29, 0.717) is 30.5 Å². The van der Waals surface area contributed by atoms with Crippen LogP contribution in [0.5, 0.6) is 5.75 Å². The summed E-state index contributed by atoms with van der Waals surface area (Å²) in [6.07, 6.45) is 2.26. The molecule has 1 saturated heterocycles. The molecule has 0 radical (unpaired) electrons. The van der Waals surface area contributed by atoms with Gasteiger partial charge in [-0.1, -0.05) is 17.7 Å². The zero-order chi connectivity index (χ0) is 14.4. The van der Waals surface area contributed by atoms with Crippen LogP contribution < -0.4 is 10.1 Å². The molecule has 1 aromatic rings. The van der Waals surface area contributed by atoms with Crippen LogP contribution >= 0.6 is 11.6 Å². The molecule has 5 heteroatoms. The van der Waals surface area contributed by atoms with E-state index >= 15 is 0 Å². The fourth-order valence-electron chi connectivity index (χ4n) is 2.20. The highest BCUT2D eigenvalue weighted by molar-refractivity contribution is 6.32. The first-order valence-corrected chi connectivity index (χ1v) is 7.39. The molecule has 0 saturated carbocycles. The van der Waals surface area contributed by atoms with Crippen LogP contribution in [0.1, 0.15) is 25.3 Å². The molecule has 1 aliphatic heterocycles. The van der Waals surface area contributed by atoms with Gasteiger partial charge < -0.3 is 14.8 Å². The SMILES string of the molecule is CCOc1ccc(CCNC(=O)C2CCCO2)cc1Cl. The topological polar surface area (TPSA) is 47.6 Å². The van der Waals surface area contributed by atoms with Gasteiger partial charge in [0.05, 0.1) is 11.6 Å². The Labute approximate surface area is 124 Å². The third-order valence-corrected chi connectivity index (χ3v) is 3.53. The maximum atomic E-state index is 11.8. The second-order valence-electron chi connectivity index (χ2n) is 4.74. The van der Waals surface area contributed by atoms with Crippen LogP contribution in [0.3, 0.4) is 0 Å². The minimum absolute atomic E-state index is 0.0143. The lowest BCUT2D eigenvalue weighted by Crippen LogP contribution is -2.35. The highest BCUT2D eigenvalue weighted by atomic mass is 35.5. The van der Waals surface area contributed by atoms with Crippen LogP contribution in [0.25, 0.3) is 0 Å². The molecular formula is C15H20ClNO3. The average Bonchev–Trinajstić information content (AvgIpc) is 2.96. The molecule has 1 amide bonds. The number of nitrogens with one attached hydrogen (secondary N) is 1. The standard InChI is InChI=1S/C15H20ClNO3/c1-2-19-13-6-5-11(10-12(13)16)7-8-17-15(18)14-4-3-9-20-14/h5-6,10,14H,2-4,7-9H2,1H3,(H,17,18). The first-order valence-electron chi connectivity index (χ1n) is 7.01. The molecule has 1 fully saturated rings. The third-order valence-electron chi connectivity index (χ3n) is 3.23. The quantitative estimate of drug-likeness (QED) is 0.878. The Kier molecular flexibility index (Phi) is 5.68. The first kappa shape index (κ1) is 15.1. The van der Waals surface area contributed by atoms with E-state index in [1.165, 1.54) is 0 Å². The number of hydrogen-bond acceptors (Lipinski definition) is 3. The second-order valence-corrected chi connectivity index (χ2v) is 5.15. The molecule has 1 unspecified atom stereocenters. The molecule has 1 aliphatic rings. The van der Waals surface area contributed by atoms with Gasteiger partial charge in [-0.05, 0) is 43.9 Å². The Morgan fingerprint density at radius 1 is 1.55 bits per heavy atom. The Morgan fingerprint density at radius 3 is 3.05 bits per heavy atom. The molecule has 110 valence electrons. The minimum Gasteiger partial charge on any atom is -0.492 e. The third kappa shape index (κ3) is 4.12. The number of hydrogen-bond donors (Lipinski definition) is 1. The summed E-state index contributed by atoms with van der Waals surface area (Å²) in [6.45, 7) is 3.79. The fourth-order valence-corrected chi connectivity index (χ4v) is 2.46. The van der Waals surface area contributed by atoms with Crippen LogP contribution in [0.15, 0.2) is 18.2 Å². The normalized spacial score (nSPS) is 18.0. The first-order chi connectivity index (χ1) is 9.70. The Hall–Kier alpha value is -1.26. The molecule has 1 N–H and O–H groups in total. The molecule has 20 heavy (non-hydrogen) atoms. The van der Waals surface area contributed by atoms with Crippen LogP contribution in [0, 0.1) is 0 Å². The van der Waals surface area contributed by atoms with Crippen LogP contribution in [-0.2, 0) is 16.0 Å². The smallest absolute Gasteiger partial charge is 0.249 e. The molecular weight excluding hydrogens is 278 g/mol. The number of rotatable bonds is 6. The van der Waals surface area contributed by atoms with Gasteiger partial charge in [0.15, 0.2) is 0 Å². The zero-order valence-corrected chi connectivity index (χ0v) is 12.4. The Bertz CT molecular complexity index is 458. The second kappa shape index (κ2) is 7.50. The van der Waals surface area contributed by atoms with Gasteiger partial charge in [0.2, 0.25) is 5.91 Å². The fraction of sp³-hybridized carbons (Fsp3) is 0.533. The lowest BCUT2D eigenvalue weighted by atomic mass is 10.1. The molecule has 0 aliphatic carbocycles. The van der Waals surface area contributed by atoms with E-state index in [4.69, 9.17) is 21.1 Å². The van der Waals surface area contributed by atoms with E-state index in [1.54, 1.807) is 0 Å². The lowest BCUT2D eigenvalue weighted by Gasteiger charge is -2.11. The van der Waals surface area contributed by atoms with Crippen molar-refractivity contribution in [3.05, 3.63) is 28.8 Å². The molecule has 0 aromatic heterocycles. The molecule has 1 atom stereocenters. The van der Waals surface area contributed by atoms with Crippen molar-refractivity contribution in [3.63, 3.8) is 0 Å². The highest BCUT2D eigenvalue weighted by Gasteiger charge is 2.22. The zero-order valence-electron chi connectivity index (χ0n) is 11.7. The van der Waals surface area contributed by atoms with E-state index in [1.807, 2.05) is 25.1 Å². The van der Waals surface area contributed by atoms with E-state index in [9.17, 15) is 4.79 Å².